The fraction of sp³-hybridized carbons (Fsp3) is 0.317. The molecule has 1 fully saturated rings. The molecule has 2 heterocycles. The summed E-state index contributed by atoms with van der Waals surface area (Å²) in [6.07, 6.45) is -5.81. The van der Waals surface area contributed by atoms with Gasteiger partial charge in [0.2, 0.25) is 5.91 Å². The summed E-state index contributed by atoms with van der Waals surface area (Å²) in [5.74, 6) is -6.07. The minimum absolute atomic E-state index is 0.0769. The predicted molar refractivity (Wildman–Crippen MR) is 198 cm³/mol. The van der Waals surface area contributed by atoms with Gasteiger partial charge in [0, 0.05) is 64.8 Å². The van der Waals surface area contributed by atoms with Crippen molar-refractivity contribution in [3.05, 3.63) is 135 Å². The number of piperidine rings is 1. The second kappa shape index (κ2) is 16.7. The molecule has 1 aliphatic heterocycles. The lowest BCUT2D eigenvalue weighted by atomic mass is 10.00. The fourth-order valence-electron chi connectivity index (χ4n) is 5.22. The Morgan fingerprint density at radius 2 is 1.66 bits per heavy atom. The fourth-order valence-corrected chi connectivity index (χ4v) is 5.93. The molecule has 1 amide bonds. The molecule has 0 spiro atoms. The SMILES string of the molecule is [2H]c1c([2H])c(F)c(F)c(C([2H])([2H])Sc2c([2H])c(=O)c3c([2H])c(C)c([2H])c([2H])c3n2C([2H])([2H])C(=O)N(Cc2c([2H])c([2H])c(-c3c([2H])c([2H])c(C(F)(F)F)c([2H])c3[2H])c([2H])c2[2H])C2CCN(CC([2H])([2H])OC)CC2)c1[2H]. The first-order chi connectivity index (χ1) is 33.9. The van der Waals surface area contributed by atoms with E-state index in [-0.39, 0.29) is 42.6 Å². The molecule has 0 aliphatic carbocycles. The zero-order chi connectivity index (χ0) is 56.1. The Hall–Kier alpha value is -4.52. The number of likely N-dealkylation sites (tertiary alicyclic amines) is 1. The van der Waals surface area contributed by atoms with E-state index < -0.39 is 207 Å². The molecule has 0 N–H and O–H groups in total. The number of pyridine rings is 1. The third-order valence-corrected chi connectivity index (χ3v) is 8.66. The van der Waals surface area contributed by atoms with E-state index in [2.05, 4.69) is 0 Å². The van der Waals surface area contributed by atoms with E-state index in [1.807, 2.05) is 0 Å². The van der Waals surface area contributed by atoms with Crippen molar-refractivity contribution in [3.8, 4) is 11.1 Å². The van der Waals surface area contributed by atoms with Crippen LogP contribution in [0.2, 0.25) is 0 Å². The molecule has 278 valence electrons. The van der Waals surface area contributed by atoms with E-state index in [0.29, 0.717) is 4.90 Å². The van der Waals surface area contributed by atoms with Gasteiger partial charge in [-0.05, 0) is 66.7 Å². The van der Waals surface area contributed by atoms with E-state index in [4.69, 9.17) is 30.8 Å². The average molecular weight is 771 g/mol. The highest BCUT2D eigenvalue weighted by Gasteiger charge is 2.31. The Kier molecular flexibility index (Phi) is 6.19. The third-order valence-electron chi connectivity index (χ3n) is 7.88. The number of halogens is 5. The summed E-state index contributed by atoms with van der Waals surface area (Å²) < 4.78 is 258. The number of rotatable bonds is 12. The van der Waals surface area contributed by atoms with Crippen LogP contribution in [0.25, 0.3) is 22.0 Å². The van der Waals surface area contributed by atoms with Crippen LogP contribution in [0, 0.1) is 18.6 Å². The Balaban J connectivity index is 1.64. The summed E-state index contributed by atoms with van der Waals surface area (Å²) in [6.45, 7) is -6.67. The van der Waals surface area contributed by atoms with E-state index in [1.165, 1.54) is 0 Å². The summed E-state index contributed by atoms with van der Waals surface area (Å²) in [5.41, 5.74) is -13.0. The van der Waals surface area contributed by atoms with Gasteiger partial charge in [0.05, 0.1) is 48.7 Å². The van der Waals surface area contributed by atoms with Gasteiger partial charge in [0.15, 0.2) is 17.1 Å². The van der Waals surface area contributed by atoms with Crippen molar-refractivity contribution < 1.29 is 60.3 Å². The minimum atomic E-state index is -5.41. The van der Waals surface area contributed by atoms with Gasteiger partial charge in [-0.1, -0.05) is 59.9 Å². The van der Waals surface area contributed by atoms with Crippen molar-refractivity contribution in [1.82, 2.24) is 14.4 Å². The van der Waals surface area contributed by atoms with Crippen molar-refractivity contribution in [2.24, 2.45) is 0 Å². The molecule has 1 aliphatic rings. The number of amides is 1. The Morgan fingerprint density at radius 3 is 2.32 bits per heavy atom. The first-order valence-electron chi connectivity index (χ1n) is 26.1. The molecule has 12 heteroatoms. The second-order valence-electron chi connectivity index (χ2n) is 11.4. The number of carbonyl (C=O) groups excluding carboxylic acids is 1. The number of hydrogen-bond acceptors (Lipinski definition) is 5. The van der Waals surface area contributed by atoms with Gasteiger partial charge in [-0.3, -0.25) is 9.59 Å². The van der Waals surface area contributed by atoms with E-state index in [1.54, 1.807) is 4.90 Å². The maximum Gasteiger partial charge on any atom is 0.416 e. The monoisotopic (exact) mass is 770 g/mol. The molecule has 6 rings (SSSR count). The number of alkyl halides is 3. The van der Waals surface area contributed by atoms with Gasteiger partial charge >= 0.3 is 6.18 Å². The van der Waals surface area contributed by atoms with Crippen molar-refractivity contribution in [1.29, 1.82) is 0 Å². The van der Waals surface area contributed by atoms with E-state index >= 15 is 9.18 Å². The van der Waals surface area contributed by atoms with Crippen LogP contribution < -0.4 is 5.43 Å². The largest absolute Gasteiger partial charge is 0.416 e. The van der Waals surface area contributed by atoms with Crippen molar-refractivity contribution >= 4 is 28.6 Å². The normalized spacial score (nSPS) is 20.6. The molecule has 0 atom stereocenters. The number of hydrogen-bond donors (Lipinski definition) is 0. The van der Waals surface area contributed by atoms with Crippen molar-refractivity contribution in [2.75, 3.05) is 33.3 Å². The maximum absolute atomic E-state index is 15.6. The van der Waals surface area contributed by atoms with Crippen LogP contribution >= 0.6 is 11.8 Å². The molecule has 1 aromatic heterocycles. The van der Waals surface area contributed by atoms with Gasteiger partial charge in [-0.25, -0.2) is 8.78 Å². The summed E-state index contributed by atoms with van der Waals surface area (Å²) in [6, 6.07) is -20.2. The highest BCUT2D eigenvalue weighted by Crippen LogP contribution is 2.32. The Bertz CT molecular complexity index is 3160. The van der Waals surface area contributed by atoms with Crippen molar-refractivity contribution in [3.63, 3.8) is 0 Å². The van der Waals surface area contributed by atoms with Gasteiger partial charge in [-0.2, -0.15) is 13.2 Å². The van der Waals surface area contributed by atoms with Gasteiger partial charge in [-0.15, -0.1) is 11.8 Å². The van der Waals surface area contributed by atoms with E-state index in [9.17, 15) is 25.1 Å². The number of methoxy groups -OCH3 is 1. The summed E-state index contributed by atoms with van der Waals surface area (Å²) >= 11 is -0.487. The quantitative estimate of drug-likeness (QED) is 0.0940. The molecule has 5 aromatic rings. The lowest BCUT2D eigenvalue weighted by Gasteiger charge is -2.39. The highest BCUT2D eigenvalue weighted by molar-refractivity contribution is 7.98. The molecular weight excluding hydrogens is 710 g/mol. The molecule has 6 nitrogen and oxygen atoms in total. The van der Waals surface area contributed by atoms with Crippen LogP contribution in [0.15, 0.2) is 100 Å². The lowest BCUT2D eigenvalue weighted by molar-refractivity contribution is -0.137. The molecular formula is C41H40F5N3O3S. The number of benzene rings is 4. The first-order valence-corrected chi connectivity index (χ1v) is 16.4. The van der Waals surface area contributed by atoms with Crippen LogP contribution in [0.5, 0.6) is 0 Å². The van der Waals surface area contributed by atoms with Gasteiger partial charge in [0.25, 0.3) is 0 Å². The number of carbonyl (C=O) groups is 1. The maximum atomic E-state index is 15.6. The number of fused-ring (bicyclic) bond motifs is 1. The predicted octanol–water partition coefficient (Wildman–Crippen LogP) is 8.71. The van der Waals surface area contributed by atoms with Gasteiger partial charge < -0.3 is 19.1 Å². The van der Waals surface area contributed by atoms with Gasteiger partial charge in [0.1, 0.15) is 6.50 Å². The van der Waals surface area contributed by atoms with Crippen LogP contribution in [0.3, 0.4) is 0 Å². The second-order valence-corrected chi connectivity index (χ2v) is 12.2. The standard InChI is InChI=1S/C41H40F5N3O3S/c1-27-6-15-36-34(22-27)37(50)23-39(53-26-31-4-3-5-35(42)40(31)43)49(36)25-38(51)48(33-16-18-47(19-17-33)20-21-52-2)24-28-7-9-29(10-8-28)30-11-13-32(14-12-30)41(44,45)46/h3-15,22-23,33H,16-21,24-26H2,1-2H3/i3D,4D,5D,6D,7D,8D,9D,10D,11D,12D,13D,14D,15D,21D2,22D,23D,25D2,26D2. The molecule has 0 bridgehead atoms. The summed E-state index contributed by atoms with van der Waals surface area (Å²) in [4.78, 5) is 31.7. The Morgan fingerprint density at radius 1 is 0.981 bits per heavy atom. The molecule has 1 saturated heterocycles. The summed E-state index contributed by atoms with van der Waals surface area (Å²) in [7, 11) is 1.10. The Labute approximate surface area is 338 Å². The van der Waals surface area contributed by atoms with Crippen LogP contribution in [-0.2, 0) is 34.5 Å². The van der Waals surface area contributed by atoms with E-state index in [0.717, 1.165) is 14.0 Å². The number of thioether (sulfide) groups is 1. The highest BCUT2D eigenvalue weighted by atomic mass is 32.2. The number of ether oxygens (including phenoxy) is 1. The number of nitrogens with zero attached hydrogens (tertiary/aromatic N) is 3. The molecule has 0 saturated carbocycles. The van der Waals surface area contributed by atoms with Crippen molar-refractivity contribution in [2.45, 2.75) is 55.8 Å². The smallest absolute Gasteiger partial charge is 0.383 e. The molecule has 0 radical (unpaired) electrons. The topological polar surface area (TPSA) is 54.8 Å². The molecule has 4 aromatic carbocycles. The number of aromatic nitrogens is 1. The zero-order valence-electron chi connectivity index (χ0n) is 48.7. The summed E-state index contributed by atoms with van der Waals surface area (Å²) in [5, 5.41) is -2.26. The lowest BCUT2D eigenvalue weighted by Crippen LogP contribution is -2.48. The average Bonchev–Trinajstić information content (AvgIpc) is 3.32. The molecule has 0 unspecified atom stereocenters. The third kappa shape index (κ3) is 9.17. The zero-order valence-corrected chi connectivity index (χ0v) is 28.5. The van der Waals surface area contributed by atoms with Crippen LogP contribution in [0.4, 0.5) is 22.0 Å². The van der Waals surface area contributed by atoms with Crippen LogP contribution in [0.1, 0.15) is 63.9 Å². The first kappa shape index (κ1) is 19.7. The van der Waals surface area contributed by atoms with Crippen LogP contribution in [-0.4, -0.2) is 59.6 Å². The molecule has 53 heavy (non-hydrogen) atoms. The minimum Gasteiger partial charge on any atom is -0.383 e.